The van der Waals surface area contributed by atoms with E-state index in [1.165, 1.54) is 7.11 Å². The topological polar surface area (TPSA) is 87.0 Å². The number of ether oxygens (including phenoxy) is 3. The number of aliphatic hydroxyl groups excluding tert-OH is 1. The van der Waals surface area contributed by atoms with E-state index in [1.54, 1.807) is 13.0 Å². The van der Waals surface area contributed by atoms with Crippen LogP contribution in [0, 0.1) is 6.92 Å². The second-order valence-corrected chi connectivity index (χ2v) is 6.24. The molecular formula is C21H23NO6. The quantitative estimate of drug-likeness (QED) is 0.630. The van der Waals surface area contributed by atoms with Crippen LogP contribution in [0.2, 0.25) is 0 Å². The van der Waals surface area contributed by atoms with E-state index in [-0.39, 0.29) is 19.8 Å². The molecule has 0 radical (unpaired) electrons. The maximum Gasteiger partial charge on any atom is 0.343 e. The zero-order valence-corrected chi connectivity index (χ0v) is 16.2. The number of carbonyl (C=O) groups excluding carboxylic acids is 2. The first-order valence-electron chi connectivity index (χ1n) is 9.05. The maximum absolute atomic E-state index is 12.6. The van der Waals surface area contributed by atoms with Gasteiger partial charge in [-0.05, 0) is 19.9 Å². The van der Waals surface area contributed by atoms with Crippen LogP contribution >= 0.6 is 0 Å². The molecule has 0 saturated heterocycles. The Bertz CT molecular complexity index is 1040. The summed E-state index contributed by atoms with van der Waals surface area (Å²) in [6, 6.07) is 9.31. The van der Waals surface area contributed by atoms with Crippen molar-refractivity contribution in [1.29, 1.82) is 0 Å². The Kier molecular flexibility index (Phi) is 5.84. The van der Waals surface area contributed by atoms with Gasteiger partial charge in [-0.2, -0.15) is 0 Å². The fourth-order valence-electron chi connectivity index (χ4n) is 3.46. The Hall–Kier alpha value is -3.06. The number of rotatable bonds is 7. The smallest absolute Gasteiger partial charge is 0.343 e. The van der Waals surface area contributed by atoms with Crippen molar-refractivity contribution in [3.63, 3.8) is 0 Å². The highest BCUT2D eigenvalue weighted by molar-refractivity contribution is 6.16. The van der Waals surface area contributed by atoms with E-state index in [0.29, 0.717) is 28.9 Å². The van der Waals surface area contributed by atoms with Gasteiger partial charge >= 0.3 is 11.9 Å². The van der Waals surface area contributed by atoms with Crippen molar-refractivity contribution in [2.45, 2.75) is 20.4 Å². The van der Waals surface area contributed by atoms with Gasteiger partial charge in [0.25, 0.3) is 0 Å². The van der Waals surface area contributed by atoms with E-state index in [9.17, 15) is 14.7 Å². The molecule has 1 heterocycles. The number of methoxy groups -OCH3 is 1. The second-order valence-electron chi connectivity index (χ2n) is 6.24. The van der Waals surface area contributed by atoms with E-state index >= 15 is 0 Å². The Morgan fingerprint density at radius 1 is 1.14 bits per heavy atom. The predicted molar refractivity (Wildman–Crippen MR) is 105 cm³/mol. The highest BCUT2D eigenvalue weighted by Crippen LogP contribution is 2.38. The summed E-state index contributed by atoms with van der Waals surface area (Å²) >= 11 is 0. The molecule has 3 rings (SSSR count). The number of nitrogens with zero attached hydrogens (tertiary/aromatic N) is 1. The Morgan fingerprint density at radius 2 is 1.86 bits per heavy atom. The summed E-state index contributed by atoms with van der Waals surface area (Å²) in [6.07, 6.45) is 0. The molecule has 1 aromatic heterocycles. The second kappa shape index (κ2) is 8.31. The average Bonchev–Trinajstić information content (AvgIpc) is 2.98. The molecule has 7 heteroatoms. The lowest BCUT2D eigenvalue weighted by Gasteiger charge is -2.12. The summed E-state index contributed by atoms with van der Waals surface area (Å²) in [5.74, 6) is -0.458. The highest BCUT2D eigenvalue weighted by atomic mass is 16.6. The van der Waals surface area contributed by atoms with Gasteiger partial charge in [-0.1, -0.05) is 24.3 Å². The molecule has 0 unspecified atom stereocenters. The van der Waals surface area contributed by atoms with Crippen LogP contribution in [0.15, 0.2) is 30.3 Å². The number of hydrogen-bond donors (Lipinski definition) is 1. The van der Waals surface area contributed by atoms with E-state index < -0.39 is 11.9 Å². The lowest BCUT2D eigenvalue weighted by Crippen LogP contribution is -2.12. The fourth-order valence-corrected chi connectivity index (χ4v) is 3.46. The van der Waals surface area contributed by atoms with Crippen molar-refractivity contribution < 1.29 is 28.9 Å². The number of esters is 2. The number of carbonyl (C=O) groups is 2. The first-order chi connectivity index (χ1) is 13.5. The SMILES string of the molecule is CCOC(=O)c1c(C)n(CCO)c2c1cc(OCC(=O)OC)c1ccccc12. The lowest BCUT2D eigenvalue weighted by atomic mass is 10.0. The molecule has 0 saturated carbocycles. The van der Waals surface area contributed by atoms with Gasteiger partial charge in [0.1, 0.15) is 5.75 Å². The first-order valence-corrected chi connectivity index (χ1v) is 9.05. The molecule has 1 N–H and O–H groups in total. The van der Waals surface area contributed by atoms with E-state index in [0.717, 1.165) is 16.3 Å². The molecule has 0 bridgehead atoms. The molecule has 0 fully saturated rings. The zero-order valence-electron chi connectivity index (χ0n) is 16.2. The maximum atomic E-state index is 12.6. The first kappa shape index (κ1) is 19.7. The van der Waals surface area contributed by atoms with Crippen LogP contribution in [0.5, 0.6) is 5.75 Å². The summed E-state index contributed by atoms with van der Waals surface area (Å²) in [4.78, 5) is 24.2. The summed E-state index contributed by atoms with van der Waals surface area (Å²) in [5, 5.41) is 11.8. The van der Waals surface area contributed by atoms with Crippen molar-refractivity contribution in [3.8, 4) is 5.75 Å². The zero-order chi connectivity index (χ0) is 20.3. The van der Waals surface area contributed by atoms with Crippen molar-refractivity contribution >= 4 is 33.6 Å². The average molecular weight is 385 g/mol. The van der Waals surface area contributed by atoms with Crippen LogP contribution in [0.4, 0.5) is 0 Å². The van der Waals surface area contributed by atoms with E-state index in [4.69, 9.17) is 9.47 Å². The minimum absolute atomic E-state index is 0.0677. The number of aromatic nitrogens is 1. The molecule has 148 valence electrons. The Labute approximate surface area is 162 Å². The van der Waals surface area contributed by atoms with Gasteiger partial charge in [0, 0.05) is 28.4 Å². The molecule has 0 spiro atoms. The summed E-state index contributed by atoms with van der Waals surface area (Å²) in [7, 11) is 1.30. The predicted octanol–water partition coefficient (Wildman–Crippen LogP) is 2.82. The summed E-state index contributed by atoms with van der Waals surface area (Å²) < 4.78 is 17.5. The van der Waals surface area contributed by atoms with Gasteiger partial charge in [-0.25, -0.2) is 9.59 Å². The van der Waals surface area contributed by atoms with Gasteiger partial charge in [0.2, 0.25) is 0 Å². The molecule has 3 aromatic rings. The van der Waals surface area contributed by atoms with Crippen molar-refractivity contribution in [2.24, 2.45) is 0 Å². The molecule has 7 nitrogen and oxygen atoms in total. The van der Waals surface area contributed by atoms with Crippen molar-refractivity contribution in [1.82, 2.24) is 4.57 Å². The number of fused-ring (bicyclic) bond motifs is 3. The molecule has 0 amide bonds. The molecule has 28 heavy (non-hydrogen) atoms. The van der Waals surface area contributed by atoms with Crippen LogP contribution in [0.1, 0.15) is 23.0 Å². The monoisotopic (exact) mass is 385 g/mol. The third-order valence-electron chi connectivity index (χ3n) is 4.66. The standard InChI is InChI=1S/C21H23NO6/c1-4-27-21(25)19-13(2)22(9-10-23)20-15-8-6-5-7-14(15)17(11-16(19)20)28-12-18(24)26-3/h5-8,11,23H,4,9-10,12H2,1-3H3. The van der Waals surface area contributed by atoms with E-state index in [2.05, 4.69) is 4.74 Å². The van der Waals surface area contributed by atoms with Crippen LogP contribution in [0.25, 0.3) is 21.7 Å². The van der Waals surface area contributed by atoms with Gasteiger partial charge < -0.3 is 23.9 Å². The molecule has 0 aliphatic carbocycles. The lowest BCUT2D eigenvalue weighted by molar-refractivity contribution is -0.142. The van der Waals surface area contributed by atoms with Crippen molar-refractivity contribution in [2.75, 3.05) is 26.9 Å². The Balaban J connectivity index is 2.32. The third kappa shape index (κ3) is 3.41. The van der Waals surface area contributed by atoms with Crippen molar-refractivity contribution in [3.05, 3.63) is 41.6 Å². The van der Waals surface area contributed by atoms with Crippen LogP contribution < -0.4 is 4.74 Å². The molecular weight excluding hydrogens is 362 g/mol. The third-order valence-corrected chi connectivity index (χ3v) is 4.66. The fraction of sp³-hybridized carbons (Fsp3) is 0.333. The van der Waals surface area contributed by atoms with Crippen LogP contribution in [-0.2, 0) is 20.8 Å². The van der Waals surface area contributed by atoms with Gasteiger partial charge in [-0.3, -0.25) is 0 Å². The summed E-state index contributed by atoms with van der Waals surface area (Å²) in [6.45, 7) is 3.86. The van der Waals surface area contributed by atoms with E-state index in [1.807, 2.05) is 35.8 Å². The largest absolute Gasteiger partial charge is 0.481 e. The van der Waals surface area contributed by atoms with Crippen LogP contribution in [0.3, 0.4) is 0 Å². The normalized spacial score (nSPS) is 11.0. The minimum atomic E-state index is -0.496. The number of aliphatic hydroxyl groups is 1. The van der Waals surface area contributed by atoms with Gasteiger partial charge in [0.05, 0.1) is 31.4 Å². The summed E-state index contributed by atoms with van der Waals surface area (Å²) in [5.41, 5.74) is 1.95. The molecule has 0 aliphatic rings. The van der Waals surface area contributed by atoms with Crippen LogP contribution in [-0.4, -0.2) is 48.5 Å². The Morgan fingerprint density at radius 3 is 2.50 bits per heavy atom. The van der Waals surface area contributed by atoms with Gasteiger partial charge in [-0.15, -0.1) is 0 Å². The highest BCUT2D eigenvalue weighted by Gasteiger charge is 2.24. The molecule has 2 aromatic carbocycles. The number of benzene rings is 2. The van der Waals surface area contributed by atoms with Gasteiger partial charge in [0.15, 0.2) is 6.61 Å². The molecule has 0 aliphatic heterocycles. The molecule has 0 atom stereocenters. The minimum Gasteiger partial charge on any atom is -0.481 e. The number of hydrogen-bond acceptors (Lipinski definition) is 6.